The second-order valence-corrected chi connectivity index (χ2v) is 2.79. The van der Waals surface area contributed by atoms with Gasteiger partial charge in [0.15, 0.2) is 0 Å². The topological polar surface area (TPSA) is 9.23 Å². The molecule has 1 rings (SSSR count). The zero-order valence-electron chi connectivity index (χ0n) is 7.14. The predicted octanol–water partition coefficient (Wildman–Crippen LogP) is 2.76. The molecule has 1 aromatic carbocycles. The summed E-state index contributed by atoms with van der Waals surface area (Å²) in [6.45, 7) is -4.33. The van der Waals surface area contributed by atoms with Crippen LogP contribution in [-0.2, 0) is 0 Å². The van der Waals surface area contributed by atoms with Gasteiger partial charge in [-0.2, -0.15) is 0 Å². The van der Waals surface area contributed by atoms with Gasteiger partial charge in [0.1, 0.15) is 5.75 Å². The Bertz CT molecular complexity index is 285. The first-order chi connectivity index (χ1) is 5.99. The van der Waals surface area contributed by atoms with Crippen LogP contribution in [0.3, 0.4) is 0 Å². The minimum absolute atomic E-state index is 0.293. The number of halogens is 3. The van der Waals surface area contributed by atoms with Crippen molar-refractivity contribution < 1.29 is 17.7 Å². The van der Waals surface area contributed by atoms with Gasteiger partial charge < -0.3 is 17.7 Å². The van der Waals surface area contributed by atoms with Crippen LogP contribution in [0.2, 0.25) is 0 Å². The Morgan fingerprint density at radius 3 is 2.38 bits per heavy atom. The van der Waals surface area contributed by atoms with E-state index in [1.807, 2.05) is 0 Å². The van der Waals surface area contributed by atoms with Crippen LogP contribution in [0.1, 0.15) is 5.56 Å². The third-order valence-corrected chi connectivity index (χ3v) is 1.52. The van der Waals surface area contributed by atoms with Crippen molar-refractivity contribution in [2.45, 2.75) is 6.92 Å². The molecule has 13 heavy (non-hydrogen) atoms. The number of aryl methyl sites for hydroxylation is 1. The minimum Gasteiger partial charge on any atom is -0.521 e. The number of para-hydroxylation sites is 1. The second-order valence-electron chi connectivity index (χ2n) is 2.79. The van der Waals surface area contributed by atoms with Crippen LogP contribution < -0.4 is 4.74 Å². The van der Waals surface area contributed by atoms with E-state index >= 15 is 0 Å². The molecular weight excluding hydrogens is 180 g/mol. The molecule has 0 aromatic heterocycles. The molecule has 72 valence electrons. The van der Waals surface area contributed by atoms with E-state index in [4.69, 9.17) is 0 Å². The quantitative estimate of drug-likeness (QED) is 0.664. The summed E-state index contributed by atoms with van der Waals surface area (Å²) in [5, 5.41) is 0. The second kappa shape index (κ2) is 3.72. The standard InChI is InChI=1S/C8H9BF3O/c1-7-4-2-3-5-8(7)13-6-9(10,11)12/h2-5H,6H2,1H3/q-1. The minimum atomic E-state index is -4.86. The Balaban J connectivity index is 2.60. The number of hydrogen-bond donors (Lipinski definition) is 0. The Kier molecular flexibility index (Phi) is 2.85. The molecule has 0 saturated carbocycles. The van der Waals surface area contributed by atoms with Gasteiger partial charge in [-0.25, -0.2) is 0 Å². The molecule has 0 heterocycles. The fourth-order valence-corrected chi connectivity index (χ4v) is 0.903. The maximum absolute atomic E-state index is 11.8. The Morgan fingerprint density at radius 2 is 1.85 bits per heavy atom. The molecule has 1 aromatic rings. The average molecular weight is 189 g/mol. The van der Waals surface area contributed by atoms with Crippen LogP contribution >= 0.6 is 0 Å². The van der Waals surface area contributed by atoms with E-state index in [0.717, 1.165) is 0 Å². The van der Waals surface area contributed by atoms with Crippen molar-refractivity contribution in [1.82, 2.24) is 0 Å². The molecule has 0 spiro atoms. The van der Waals surface area contributed by atoms with E-state index in [9.17, 15) is 12.9 Å². The normalized spacial score (nSPS) is 11.4. The van der Waals surface area contributed by atoms with Crippen molar-refractivity contribution in [1.29, 1.82) is 0 Å². The first-order valence-electron chi connectivity index (χ1n) is 3.88. The summed E-state index contributed by atoms with van der Waals surface area (Å²) in [4.78, 5) is 0. The van der Waals surface area contributed by atoms with Crippen molar-refractivity contribution in [3.63, 3.8) is 0 Å². The van der Waals surface area contributed by atoms with Gasteiger partial charge in [0, 0.05) is 0 Å². The Labute approximate surface area is 74.6 Å². The molecule has 0 aliphatic rings. The van der Waals surface area contributed by atoms with E-state index in [2.05, 4.69) is 4.74 Å². The monoisotopic (exact) mass is 189 g/mol. The number of rotatable bonds is 3. The molecule has 0 N–H and O–H groups in total. The molecule has 0 saturated heterocycles. The molecule has 0 unspecified atom stereocenters. The zero-order chi connectivity index (χ0) is 9.90. The van der Waals surface area contributed by atoms with Crippen molar-refractivity contribution in [2.75, 3.05) is 6.51 Å². The maximum atomic E-state index is 11.8. The van der Waals surface area contributed by atoms with Gasteiger partial charge in [0.25, 0.3) is 0 Å². The van der Waals surface area contributed by atoms with Gasteiger partial charge in [-0.1, -0.05) is 18.2 Å². The fraction of sp³-hybridized carbons (Fsp3) is 0.250. The summed E-state index contributed by atoms with van der Waals surface area (Å²) in [5.74, 6) is 0.293. The lowest BCUT2D eigenvalue weighted by Crippen LogP contribution is -2.26. The number of ether oxygens (including phenoxy) is 1. The van der Waals surface area contributed by atoms with Crippen LogP contribution in [0.15, 0.2) is 24.3 Å². The molecule has 0 aliphatic carbocycles. The first-order valence-corrected chi connectivity index (χ1v) is 3.88. The SMILES string of the molecule is Cc1ccccc1OC[B-](F)(F)F. The molecule has 1 nitrogen and oxygen atoms in total. The Hall–Kier alpha value is -1.13. The van der Waals surface area contributed by atoms with Gasteiger partial charge in [0.05, 0.1) is 6.51 Å². The van der Waals surface area contributed by atoms with E-state index in [0.29, 0.717) is 11.3 Å². The van der Waals surface area contributed by atoms with Crippen LogP contribution in [0.5, 0.6) is 5.75 Å². The van der Waals surface area contributed by atoms with Crippen molar-refractivity contribution >= 4 is 6.98 Å². The predicted molar refractivity (Wildman–Crippen MR) is 45.8 cm³/mol. The third-order valence-electron chi connectivity index (χ3n) is 1.52. The zero-order valence-corrected chi connectivity index (χ0v) is 7.14. The average Bonchev–Trinajstić information content (AvgIpc) is 2.01. The highest BCUT2D eigenvalue weighted by atomic mass is 19.4. The van der Waals surface area contributed by atoms with Crippen LogP contribution in [0.4, 0.5) is 12.9 Å². The molecule has 5 heteroatoms. The van der Waals surface area contributed by atoms with E-state index in [1.165, 1.54) is 6.07 Å². The van der Waals surface area contributed by atoms with E-state index in [-0.39, 0.29) is 0 Å². The van der Waals surface area contributed by atoms with Gasteiger partial charge >= 0.3 is 6.98 Å². The van der Waals surface area contributed by atoms with Gasteiger partial charge in [-0.15, -0.1) is 0 Å². The fourth-order valence-electron chi connectivity index (χ4n) is 0.903. The Morgan fingerprint density at radius 1 is 1.23 bits per heavy atom. The number of hydrogen-bond acceptors (Lipinski definition) is 1. The molecular formula is C8H9BF3O-. The van der Waals surface area contributed by atoms with Crippen molar-refractivity contribution in [3.05, 3.63) is 29.8 Å². The van der Waals surface area contributed by atoms with Crippen LogP contribution in [-0.4, -0.2) is 13.5 Å². The maximum Gasteiger partial charge on any atom is 0.515 e. The van der Waals surface area contributed by atoms with Crippen molar-refractivity contribution in [2.24, 2.45) is 0 Å². The summed E-state index contributed by atoms with van der Waals surface area (Å²) < 4.78 is 40.0. The summed E-state index contributed by atoms with van der Waals surface area (Å²) in [6.07, 6.45) is 0. The highest BCUT2D eigenvalue weighted by molar-refractivity contribution is 6.58. The van der Waals surface area contributed by atoms with Gasteiger partial charge in [0.2, 0.25) is 0 Å². The van der Waals surface area contributed by atoms with Crippen LogP contribution in [0.25, 0.3) is 0 Å². The molecule has 0 radical (unpaired) electrons. The third kappa shape index (κ3) is 3.40. The number of benzene rings is 1. The van der Waals surface area contributed by atoms with Crippen molar-refractivity contribution in [3.8, 4) is 5.75 Å². The molecule has 0 bridgehead atoms. The highest BCUT2D eigenvalue weighted by Crippen LogP contribution is 2.18. The first kappa shape index (κ1) is 9.96. The van der Waals surface area contributed by atoms with Gasteiger partial charge in [-0.05, 0) is 18.6 Å². The van der Waals surface area contributed by atoms with E-state index in [1.54, 1.807) is 25.1 Å². The lowest BCUT2D eigenvalue weighted by Gasteiger charge is -2.16. The molecule has 0 amide bonds. The van der Waals surface area contributed by atoms with Crippen LogP contribution in [0, 0.1) is 6.92 Å². The summed E-state index contributed by atoms with van der Waals surface area (Å²) >= 11 is 0. The summed E-state index contributed by atoms with van der Waals surface area (Å²) in [6, 6.07) is 6.63. The summed E-state index contributed by atoms with van der Waals surface area (Å²) in [7, 11) is 0. The smallest absolute Gasteiger partial charge is 0.515 e. The summed E-state index contributed by atoms with van der Waals surface area (Å²) in [5.41, 5.74) is 0.711. The molecule has 0 aliphatic heterocycles. The lowest BCUT2D eigenvalue weighted by atomic mass is 9.95. The molecule has 0 fully saturated rings. The highest BCUT2D eigenvalue weighted by Gasteiger charge is 2.24. The van der Waals surface area contributed by atoms with Gasteiger partial charge in [-0.3, -0.25) is 0 Å². The molecule has 0 atom stereocenters. The largest absolute Gasteiger partial charge is 0.521 e. The van der Waals surface area contributed by atoms with E-state index < -0.39 is 13.5 Å². The lowest BCUT2D eigenvalue weighted by molar-refractivity contribution is 0.312.